The van der Waals surface area contributed by atoms with Crippen molar-refractivity contribution in [3.05, 3.63) is 62.5 Å². The normalized spacial score (nSPS) is 10.2. The zero-order chi connectivity index (χ0) is 18.2. The van der Waals surface area contributed by atoms with Crippen LogP contribution in [0.25, 0.3) is 0 Å². The zero-order valence-corrected chi connectivity index (χ0v) is 16.2. The van der Waals surface area contributed by atoms with E-state index in [1.165, 1.54) is 0 Å². The van der Waals surface area contributed by atoms with Gasteiger partial charge in [-0.2, -0.15) is 0 Å². The summed E-state index contributed by atoms with van der Waals surface area (Å²) in [6.07, 6.45) is 0.562. The van der Waals surface area contributed by atoms with E-state index in [1.54, 1.807) is 18.2 Å². The molecule has 8 heteroatoms. The average Bonchev–Trinajstić information content (AvgIpc) is 2.57. The summed E-state index contributed by atoms with van der Waals surface area (Å²) in [5, 5.41) is 9.00. The molecule has 0 aliphatic heterocycles. The molecule has 25 heavy (non-hydrogen) atoms. The smallest absolute Gasteiger partial charge is 0.315 e. The summed E-state index contributed by atoms with van der Waals surface area (Å²) < 4.78 is 0.771. The number of carbonyl (C=O) groups excluding carboxylic acids is 2. The molecule has 2 aromatic rings. The largest absolute Gasteiger partial charge is 0.338 e. The van der Waals surface area contributed by atoms with Gasteiger partial charge in [0.25, 0.3) is 0 Å². The standard InChI is InChI=1S/C17H16BrCl2N3O2/c18-13-3-1-2-4-15(13)23-16(24)10-22-17(25)21-8-7-11-5-6-12(19)9-14(11)20/h1-6,9H,7-8,10H2,(H,23,24)(H2,21,22,25). The lowest BCUT2D eigenvalue weighted by molar-refractivity contribution is -0.115. The van der Waals surface area contributed by atoms with E-state index in [0.717, 1.165) is 10.0 Å². The topological polar surface area (TPSA) is 70.2 Å². The fraction of sp³-hybridized carbons (Fsp3) is 0.176. The molecule has 0 aromatic heterocycles. The minimum Gasteiger partial charge on any atom is -0.338 e. The molecule has 0 saturated carbocycles. The van der Waals surface area contributed by atoms with Crippen LogP contribution in [0.2, 0.25) is 10.0 Å². The van der Waals surface area contributed by atoms with Gasteiger partial charge in [0.1, 0.15) is 0 Å². The molecule has 3 amide bonds. The summed E-state index contributed by atoms with van der Waals surface area (Å²) in [6.45, 7) is 0.258. The number of urea groups is 1. The van der Waals surface area contributed by atoms with Crippen molar-refractivity contribution in [1.29, 1.82) is 0 Å². The van der Waals surface area contributed by atoms with E-state index in [1.807, 2.05) is 24.3 Å². The van der Waals surface area contributed by atoms with Gasteiger partial charge in [0.15, 0.2) is 0 Å². The number of rotatable bonds is 6. The Hall–Kier alpha value is -1.76. The Morgan fingerprint density at radius 2 is 1.80 bits per heavy atom. The maximum atomic E-state index is 11.8. The first-order chi connectivity index (χ1) is 12.0. The SMILES string of the molecule is O=C(CNC(=O)NCCc1ccc(Cl)cc1Cl)Nc1ccccc1Br. The molecule has 0 unspecified atom stereocenters. The second kappa shape index (κ2) is 9.65. The maximum Gasteiger partial charge on any atom is 0.315 e. The Morgan fingerprint density at radius 3 is 2.52 bits per heavy atom. The number of hydrogen-bond acceptors (Lipinski definition) is 2. The Morgan fingerprint density at radius 1 is 1.04 bits per heavy atom. The van der Waals surface area contributed by atoms with E-state index in [0.29, 0.717) is 28.7 Å². The van der Waals surface area contributed by atoms with Crippen molar-refractivity contribution in [1.82, 2.24) is 10.6 Å². The molecule has 0 aliphatic carbocycles. The lowest BCUT2D eigenvalue weighted by atomic mass is 10.1. The number of halogens is 3. The molecule has 3 N–H and O–H groups in total. The first-order valence-electron chi connectivity index (χ1n) is 7.45. The Bertz CT molecular complexity index is 771. The quantitative estimate of drug-likeness (QED) is 0.623. The first kappa shape index (κ1) is 19.6. The summed E-state index contributed by atoms with van der Waals surface area (Å²) in [6, 6.07) is 12.0. The van der Waals surface area contributed by atoms with Crippen molar-refractivity contribution in [3.8, 4) is 0 Å². The van der Waals surface area contributed by atoms with Crippen LogP contribution in [0.15, 0.2) is 46.9 Å². The fourth-order valence-corrected chi connectivity index (χ4v) is 2.90. The van der Waals surface area contributed by atoms with Crippen LogP contribution >= 0.6 is 39.1 Å². The van der Waals surface area contributed by atoms with Gasteiger partial charge in [-0.1, -0.05) is 41.4 Å². The second-order valence-electron chi connectivity index (χ2n) is 5.12. The van der Waals surface area contributed by atoms with Gasteiger partial charge in [0.05, 0.1) is 12.2 Å². The predicted molar refractivity (Wildman–Crippen MR) is 104 cm³/mol. The number of nitrogens with one attached hydrogen (secondary N) is 3. The molecule has 132 valence electrons. The molecule has 2 aromatic carbocycles. The van der Waals surface area contributed by atoms with Crippen LogP contribution in [-0.2, 0) is 11.2 Å². The van der Waals surface area contributed by atoms with Gasteiger partial charge in [0.2, 0.25) is 5.91 Å². The predicted octanol–water partition coefficient (Wildman–Crippen LogP) is 4.24. The highest BCUT2D eigenvalue weighted by Gasteiger charge is 2.08. The molecular formula is C17H16BrCl2N3O2. The van der Waals surface area contributed by atoms with E-state index >= 15 is 0 Å². The third-order valence-corrected chi connectivity index (χ3v) is 4.53. The number of anilines is 1. The van der Waals surface area contributed by atoms with Crippen molar-refractivity contribution in [2.24, 2.45) is 0 Å². The Balaban J connectivity index is 1.70. The van der Waals surface area contributed by atoms with Crippen LogP contribution in [0.5, 0.6) is 0 Å². The van der Waals surface area contributed by atoms with Crippen molar-refractivity contribution >= 4 is 56.8 Å². The maximum absolute atomic E-state index is 11.8. The summed E-state index contributed by atoms with van der Waals surface area (Å²) in [5.41, 5.74) is 1.53. The van der Waals surface area contributed by atoms with Gasteiger partial charge in [-0.15, -0.1) is 0 Å². The summed E-state index contributed by atoms with van der Waals surface area (Å²) in [7, 11) is 0. The summed E-state index contributed by atoms with van der Waals surface area (Å²) in [4.78, 5) is 23.6. The molecule has 0 spiro atoms. The lowest BCUT2D eigenvalue weighted by Crippen LogP contribution is -2.40. The highest BCUT2D eigenvalue weighted by Crippen LogP contribution is 2.21. The molecule has 0 heterocycles. The van der Waals surface area contributed by atoms with Gasteiger partial charge < -0.3 is 16.0 Å². The Labute approximate surface area is 164 Å². The molecule has 0 aliphatic rings. The lowest BCUT2D eigenvalue weighted by Gasteiger charge is -2.10. The molecule has 5 nitrogen and oxygen atoms in total. The van der Waals surface area contributed by atoms with E-state index < -0.39 is 6.03 Å². The second-order valence-corrected chi connectivity index (χ2v) is 6.82. The molecular weight excluding hydrogens is 429 g/mol. The molecule has 0 saturated heterocycles. The van der Waals surface area contributed by atoms with Gasteiger partial charge in [0, 0.05) is 21.1 Å². The molecule has 2 rings (SSSR count). The van der Waals surface area contributed by atoms with Crippen molar-refractivity contribution < 1.29 is 9.59 Å². The van der Waals surface area contributed by atoms with Crippen molar-refractivity contribution in [2.75, 3.05) is 18.4 Å². The van der Waals surface area contributed by atoms with Crippen LogP contribution in [0.1, 0.15) is 5.56 Å². The van der Waals surface area contributed by atoms with E-state index in [2.05, 4.69) is 31.9 Å². The number of hydrogen-bond donors (Lipinski definition) is 3. The molecule has 0 bridgehead atoms. The summed E-state index contributed by atoms with van der Waals surface area (Å²) >= 11 is 15.2. The van der Waals surface area contributed by atoms with Crippen LogP contribution in [-0.4, -0.2) is 25.0 Å². The van der Waals surface area contributed by atoms with Crippen LogP contribution in [0.3, 0.4) is 0 Å². The fourth-order valence-electron chi connectivity index (χ4n) is 2.02. The van der Waals surface area contributed by atoms with Crippen LogP contribution < -0.4 is 16.0 Å². The summed E-state index contributed by atoms with van der Waals surface area (Å²) in [5.74, 6) is -0.317. The monoisotopic (exact) mass is 443 g/mol. The third kappa shape index (κ3) is 6.57. The average molecular weight is 445 g/mol. The molecule has 0 fully saturated rings. The van der Waals surface area contributed by atoms with Gasteiger partial charge in [-0.25, -0.2) is 4.79 Å². The number of para-hydroxylation sites is 1. The minimum atomic E-state index is -0.424. The highest BCUT2D eigenvalue weighted by atomic mass is 79.9. The van der Waals surface area contributed by atoms with Crippen LogP contribution in [0.4, 0.5) is 10.5 Å². The van der Waals surface area contributed by atoms with E-state index in [4.69, 9.17) is 23.2 Å². The van der Waals surface area contributed by atoms with Crippen molar-refractivity contribution in [3.63, 3.8) is 0 Å². The van der Waals surface area contributed by atoms with E-state index in [9.17, 15) is 9.59 Å². The third-order valence-electron chi connectivity index (χ3n) is 3.25. The minimum absolute atomic E-state index is 0.130. The molecule has 0 atom stereocenters. The number of benzene rings is 2. The zero-order valence-electron chi connectivity index (χ0n) is 13.1. The Kier molecular flexibility index (Phi) is 7.55. The van der Waals surface area contributed by atoms with Gasteiger partial charge >= 0.3 is 6.03 Å². The van der Waals surface area contributed by atoms with Gasteiger partial charge in [-0.05, 0) is 52.2 Å². The van der Waals surface area contributed by atoms with E-state index in [-0.39, 0.29) is 12.5 Å². The van der Waals surface area contributed by atoms with Gasteiger partial charge in [-0.3, -0.25) is 4.79 Å². The van der Waals surface area contributed by atoms with Crippen molar-refractivity contribution in [2.45, 2.75) is 6.42 Å². The number of amides is 3. The number of carbonyl (C=O) groups is 2. The van der Waals surface area contributed by atoms with Crippen LogP contribution in [0, 0.1) is 0 Å². The molecule has 0 radical (unpaired) electrons. The highest BCUT2D eigenvalue weighted by molar-refractivity contribution is 9.10. The first-order valence-corrected chi connectivity index (χ1v) is 9.00.